The first-order valence-electron chi connectivity index (χ1n) is 8.10. The van der Waals surface area contributed by atoms with Crippen molar-refractivity contribution in [1.82, 2.24) is 19.9 Å². The van der Waals surface area contributed by atoms with Crippen molar-refractivity contribution < 1.29 is 14.1 Å². The van der Waals surface area contributed by atoms with E-state index in [9.17, 15) is 4.79 Å². The molecule has 2 heterocycles. The summed E-state index contributed by atoms with van der Waals surface area (Å²) in [5.41, 5.74) is 0. The lowest BCUT2D eigenvalue weighted by atomic mass is 10.3. The standard InChI is InChI=1S/C17H18ClN5O3S/c1-10-8-14(22-26-10)19-16(24)11(2)27-17-21-20-15(23(17)3)9-25-13-6-4-12(18)5-7-13/h4-8,11H,9H2,1-3H3,(H,19,22,24)/t11-/m0/s1. The molecule has 2 aromatic heterocycles. The van der Waals surface area contributed by atoms with Gasteiger partial charge in [-0.25, -0.2) is 0 Å². The van der Waals surface area contributed by atoms with E-state index in [0.717, 1.165) is 0 Å². The highest BCUT2D eigenvalue weighted by Gasteiger charge is 2.20. The summed E-state index contributed by atoms with van der Waals surface area (Å²) in [5, 5.41) is 15.6. The Morgan fingerprint density at radius 1 is 1.37 bits per heavy atom. The molecule has 142 valence electrons. The number of benzene rings is 1. The van der Waals surface area contributed by atoms with E-state index in [2.05, 4.69) is 20.7 Å². The zero-order chi connectivity index (χ0) is 19.4. The summed E-state index contributed by atoms with van der Waals surface area (Å²) in [5.74, 6) is 2.15. The number of nitrogens with one attached hydrogen (secondary N) is 1. The Labute approximate surface area is 165 Å². The molecule has 0 aliphatic rings. The predicted octanol–water partition coefficient (Wildman–Crippen LogP) is 3.46. The average molecular weight is 408 g/mol. The van der Waals surface area contributed by atoms with Crippen LogP contribution in [0.15, 0.2) is 40.0 Å². The third kappa shape index (κ3) is 5.01. The van der Waals surface area contributed by atoms with Crippen molar-refractivity contribution in [2.75, 3.05) is 5.32 Å². The number of hydrogen-bond acceptors (Lipinski definition) is 7. The molecule has 0 radical (unpaired) electrons. The SMILES string of the molecule is Cc1cc(NC(=O)[C@H](C)Sc2nnc(COc3ccc(Cl)cc3)n2C)no1. The van der Waals surface area contributed by atoms with Crippen molar-refractivity contribution >= 4 is 35.1 Å². The summed E-state index contributed by atoms with van der Waals surface area (Å²) in [4.78, 5) is 12.3. The van der Waals surface area contributed by atoms with Gasteiger partial charge in [-0.3, -0.25) is 4.79 Å². The van der Waals surface area contributed by atoms with E-state index in [-0.39, 0.29) is 12.5 Å². The molecule has 10 heteroatoms. The minimum absolute atomic E-state index is 0.199. The summed E-state index contributed by atoms with van der Waals surface area (Å²) >= 11 is 7.15. The number of rotatable bonds is 7. The third-order valence-electron chi connectivity index (χ3n) is 3.64. The third-order valence-corrected chi connectivity index (χ3v) is 5.02. The number of amides is 1. The first kappa shape index (κ1) is 19.2. The highest BCUT2D eigenvalue weighted by molar-refractivity contribution is 8.00. The molecular weight excluding hydrogens is 390 g/mol. The smallest absolute Gasteiger partial charge is 0.238 e. The Balaban J connectivity index is 1.57. The van der Waals surface area contributed by atoms with Gasteiger partial charge in [0.05, 0.1) is 5.25 Å². The molecule has 0 fully saturated rings. The van der Waals surface area contributed by atoms with Gasteiger partial charge in [0.2, 0.25) is 5.91 Å². The summed E-state index contributed by atoms with van der Waals surface area (Å²) < 4.78 is 12.4. The Bertz CT molecular complexity index is 925. The highest BCUT2D eigenvalue weighted by Crippen LogP contribution is 2.23. The molecule has 1 atom stereocenters. The zero-order valence-corrected chi connectivity index (χ0v) is 16.5. The second-order valence-electron chi connectivity index (χ2n) is 5.77. The van der Waals surface area contributed by atoms with Gasteiger partial charge in [0.1, 0.15) is 18.1 Å². The van der Waals surface area contributed by atoms with Crippen LogP contribution in [-0.2, 0) is 18.4 Å². The molecule has 0 saturated heterocycles. The molecule has 0 spiro atoms. The Morgan fingerprint density at radius 2 is 2.11 bits per heavy atom. The maximum Gasteiger partial charge on any atom is 0.238 e. The largest absolute Gasteiger partial charge is 0.486 e. The molecular formula is C17H18ClN5O3S. The van der Waals surface area contributed by atoms with Gasteiger partial charge < -0.3 is 19.1 Å². The van der Waals surface area contributed by atoms with E-state index in [1.54, 1.807) is 48.7 Å². The van der Waals surface area contributed by atoms with Crippen LogP contribution < -0.4 is 10.1 Å². The number of halogens is 1. The van der Waals surface area contributed by atoms with E-state index in [1.807, 2.05) is 7.05 Å². The molecule has 8 nitrogen and oxygen atoms in total. The molecule has 0 unspecified atom stereocenters. The fourth-order valence-electron chi connectivity index (χ4n) is 2.12. The van der Waals surface area contributed by atoms with Crippen LogP contribution in [0.3, 0.4) is 0 Å². The number of carbonyl (C=O) groups is 1. The van der Waals surface area contributed by atoms with Gasteiger partial charge in [-0.15, -0.1) is 10.2 Å². The van der Waals surface area contributed by atoms with Crippen molar-refractivity contribution in [1.29, 1.82) is 0 Å². The summed E-state index contributed by atoms with van der Waals surface area (Å²) in [6.07, 6.45) is 0. The highest BCUT2D eigenvalue weighted by atomic mass is 35.5. The first-order valence-corrected chi connectivity index (χ1v) is 9.35. The topological polar surface area (TPSA) is 95.1 Å². The predicted molar refractivity (Wildman–Crippen MR) is 102 cm³/mol. The lowest BCUT2D eigenvalue weighted by molar-refractivity contribution is -0.115. The minimum Gasteiger partial charge on any atom is -0.486 e. The average Bonchev–Trinajstić information content (AvgIpc) is 3.20. The van der Waals surface area contributed by atoms with Crippen LogP contribution in [0.4, 0.5) is 5.82 Å². The molecule has 0 saturated carbocycles. The zero-order valence-electron chi connectivity index (χ0n) is 15.0. The van der Waals surface area contributed by atoms with E-state index in [1.165, 1.54) is 11.8 Å². The number of ether oxygens (including phenoxy) is 1. The van der Waals surface area contributed by atoms with E-state index < -0.39 is 5.25 Å². The number of hydrogen-bond donors (Lipinski definition) is 1. The molecule has 0 aliphatic carbocycles. The maximum absolute atomic E-state index is 12.3. The van der Waals surface area contributed by atoms with Crippen LogP contribution in [0.1, 0.15) is 18.5 Å². The summed E-state index contributed by atoms with van der Waals surface area (Å²) in [6, 6.07) is 8.74. The molecule has 0 bridgehead atoms. The molecule has 1 N–H and O–H groups in total. The number of carbonyl (C=O) groups excluding carboxylic acids is 1. The Morgan fingerprint density at radius 3 is 2.78 bits per heavy atom. The van der Waals surface area contributed by atoms with Gasteiger partial charge in [-0.1, -0.05) is 28.5 Å². The minimum atomic E-state index is -0.394. The molecule has 1 amide bonds. The normalized spacial score (nSPS) is 12.0. The monoisotopic (exact) mass is 407 g/mol. The number of thioether (sulfide) groups is 1. The molecule has 1 aromatic carbocycles. The van der Waals surface area contributed by atoms with E-state index >= 15 is 0 Å². The van der Waals surface area contributed by atoms with Gasteiger partial charge in [0.25, 0.3) is 0 Å². The van der Waals surface area contributed by atoms with Gasteiger partial charge in [0, 0.05) is 18.1 Å². The van der Waals surface area contributed by atoms with Crippen LogP contribution in [-0.4, -0.2) is 31.1 Å². The van der Waals surface area contributed by atoms with Gasteiger partial charge in [0.15, 0.2) is 16.8 Å². The van der Waals surface area contributed by atoms with E-state index in [4.69, 9.17) is 20.9 Å². The van der Waals surface area contributed by atoms with Crippen molar-refractivity contribution in [3.05, 3.63) is 46.9 Å². The summed E-state index contributed by atoms with van der Waals surface area (Å²) in [7, 11) is 1.83. The number of anilines is 1. The first-order chi connectivity index (χ1) is 12.9. The molecule has 0 aliphatic heterocycles. The van der Waals surface area contributed by atoms with Crippen molar-refractivity contribution in [3.63, 3.8) is 0 Å². The van der Waals surface area contributed by atoms with Crippen LogP contribution in [0.25, 0.3) is 0 Å². The van der Waals surface area contributed by atoms with Crippen molar-refractivity contribution in [2.45, 2.75) is 30.9 Å². The van der Waals surface area contributed by atoms with Crippen molar-refractivity contribution in [3.8, 4) is 5.75 Å². The fourth-order valence-corrected chi connectivity index (χ4v) is 3.08. The second kappa shape index (κ2) is 8.45. The van der Waals surface area contributed by atoms with Crippen LogP contribution in [0.5, 0.6) is 5.75 Å². The van der Waals surface area contributed by atoms with Crippen LogP contribution >= 0.6 is 23.4 Å². The van der Waals surface area contributed by atoms with Gasteiger partial charge in [-0.05, 0) is 38.1 Å². The number of aromatic nitrogens is 4. The Hall–Kier alpha value is -2.52. The molecule has 27 heavy (non-hydrogen) atoms. The quantitative estimate of drug-likeness (QED) is 0.599. The van der Waals surface area contributed by atoms with Crippen molar-refractivity contribution in [2.24, 2.45) is 7.05 Å². The van der Waals surface area contributed by atoms with Gasteiger partial charge in [-0.2, -0.15) is 0 Å². The lowest BCUT2D eigenvalue weighted by Gasteiger charge is -2.10. The Kier molecular flexibility index (Phi) is 6.02. The van der Waals surface area contributed by atoms with Crippen LogP contribution in [0.2, 0.25) is 5.02 Å². The van der Waals surface area contributed by atoms with Gasteiger partial charge >= 0.3 is 0 Å². The lowest BCUT2D eigenvalue weighted by Crippen LogP contribution is -2.23. The van der Waals surface area contributed by atoms with E-state index in [0.29, 0.717) is 33.3 Å². The number of aryl methyl sites for hydroxylation is 1. The summed E-state index contributed by atoms with van der Waals surface area (Å²) in [6.45, 7) is 3.80. The second-order valence-corrected chi connectivity index (χ2v) is 7.52. The fraction of sp³-hybridized carbons (Fsp3) is 0.294. The molecule has 3 rings (SSSR count). The van der Waals surface area contributed by atoms with Crippen LogP contribution in [0, 0.1) is 6.92 Å². The number of nitrogens with zero attached hydrogens (tertiary/aromatic N) is 4. The molecule has 3 aromatic rings. The maximum atomic E-state index is 12.3.